The van der Waals surface area contributed by atoms with Crippen LogP contribution in [-0.4, -0.2) is 11.3 Å². The molecule has 1 aromatic heterocycles. The molecule has 0 aliphatic rings. The van der Waals surface area contributed by atoms with E-state index in [1.165, 1.54) is 6.07 Å². The van der Waals surface area contributed by atoms with Crippen LogP contribution in [0.5, 0.6) is 0 Å². The highest BCUT2D eigenvalue weighted by Gasteiger charge is 2.16. The third kappa shape index (κ3) is 1.66. The summed E-state index contributed by atoms with van der Waals surface area (Å²) in [4.78, 5) is 23.2. The van der Waals surface area contributed by atoms with Crippen molar-refractivity contribution in [3.8, 4) is 6.07 Å². The first-order valence-corrected chi connectivity index (χ1v) is 3.50. The fourth-order valence-corrected chi connectivity index (χ4v) is 0.951. The van der Waals surface area contributed by atoms with E-state index in [0.29, 0.717) is 0 Å². The number of pyridine rings is 1. The van der Waals surface area contributed by atoms with Crippen LogP contribution in [0, 0.1) is 11.3 Å². The molecule has 0 aliphatic heterocycles. The Labute approximate surface area is 76.8 Å². The van der Waals surface area contributed by atoms with Gasteiger partial charge in [0.05, 0.1) is 5.69 Å². The van der Waals surface area contributed by atoms with Gasteiger partial charge in [-0.15, -0.1) is 0 Å². The Morgan fingerprint density at radius 2 is 2.21 bits per heavy atom. The second-order valence-corrected chi connectivity index (χ2v) is 2.41. The fraction of sp³-hybridized carbons (Fsp3) is 0.125. The maximum Gasteiger partial charge on any atom is 0.266 e. The van der Waals surface area contributed by atoms with Crippen LogP contribution < -0.4 is 5.56 Å². The molecule has 4 nitrogen and oxygen atoms in total. The van der Waals surface area contributed by atoms with E-state index in [4.69, 9.17) is 5.26 Å². The number of hydrogen-bond acceptors (Lipinski definition) is 3. The van der Waals surface area contributed by atoms with Gasteiger partial charge in [0.25, 0.3) is 12.0 Å². The number of nitrogens with one attached hydrogen (secondary N) is 1. The largest absolute Gasteiger partial charge is 0.319 e. The van der Waals surface area contributed by atoms with E-state index in [9.17, 15) is 18.4 Å². The van der Waals surface area contributed by atoms with Crippen LogP contribution in [0.25, 0.3) is 0 Å². The van der Waals surface area contributed by atoms with Crippen molar-refractivity contribution in [1.29, 1.82) is 5.26 Å². The monoisotopic (exact) mass is 198 g/mol. The zero-order chi connectivity index (χ0) is 10.7. The highest BCUT2D eigenvalue weighted by molar-refractivity contribution is 5.72. The lowest BCUT2D eigenvalue weighted by Crippen LogP contribution is -2.15. The number of aromatic amines is 1. The lowest BCUT2D eigenvalue weighted by molar-refractivity contribution is 0.111. The summed E-state index contributed by atoms with van der Waals surface area (Å²) in [5.41, 5.74) is -2.64. The minimum absolute atomic E-state index is 0.231. The number of hydrogen-bond donors (Lipinski definition) is 1. The predicted octanol–water partition coefficient (Wildman–Crippen LogP) is 0.997. The van der Waals surface area contributed by atoms with Crippen LogP contribution in [0.3, 0.4) is 0 Å². The van der Waals surface area contributed by atoms with E-state index < -0.39 is 23.1 Å². The molecule has 14 heavy (non-hydrogen) atoms. The van der Waals surface area contributed by atoms with Crippen molar-refractivity contribution in [1.82, 2.24) is 4.98 Å². The molecule has 6 heteroatoms. The molecular weight excluding hydrogens is 194 g/mol. The molecule has 1 aromatic rings. The molecule has 72 valence electrons. The average molecular weight is 198 g/mol. The number of alkyl halides is 2. The van der Waals surface area contributed by atoms with Gasteiger partial charge in [-0.3, -0.25) is 9.59 Å². The number of carbonyl (C=O) groups is 1. The SMILES string of the molecule is N#Cc1c(C(F)F)cc(C=O)[nH]c1=O. The van der Waals surface area contributed by atoms with Gasteiger partial charge in [-0.2, -0.15) is 5.26 Å². The minimum atomic E-state index is -2.95. The van der Waals surface area contributed by atoms with Crippen molar-refractivity contribution < 1.29 is 13.6 Å². The molecule has 0 fully saturated rings. The summed E-state index contributed by atoms with van der Waals surface area (Å²) in [6.07, 6.45) is -2.72. The van der Waals surface area contributed by atoms with Gasteiger partial charge in [0.15, 0.2) is 6.29 Å². The van der Waals surface area contributed by atoms with Crippen LogP contribution in [0.2, 0.25) is 0 Å². The molecule has 0 unspecified atom stereocenters. The Bertz CT molecular complexity index is 459. The molecule has 0 saturated carbocycles. The lowest BCUT2D eigenvalue weighted by atomic mass is 10.1. The van der Waals surface area contributed by atoms with Crippen molar-refractivity contribution in [3.63, 3.8) is 0 Å². The summed E-state index contributed by atoms with van der Waals surface area (Å²) in [6, 6.07) is 2.15. The second kappa shape index (κ2) is 3.79. The fourth-order valence-electron chi connectivity index (χ4n) is 0.951. The summed E-state index contributed by atoms with van der Waals surface area (Å²) in [7, 11) is 0. The number of aldehydes is 1. The van der Waals surface area contributed by atoms with Crippen LogP contribution in [0.15, 0.2) is 10.9 Å². The molecule has 0 aromatic carbocycles. The molecular formula is C8H4F2N2O2. The molecule has 0 bridgehead atoms. The van der Waals surface area contributed by atoms with Crippen LogP contribution in [0.4, 0.5) is 8.78 Å². The predicted molar refractivity (Wildman–Crippen MR) is 42.1 cm³/mol. The van der Waals surface area contributed by atoms with E-state index in [0.717, 1.165) is 6.07 Å². The summed E-state index contributed by atoms with van der Waals surface area (Å²) in [5.74, 6) is 0. The van der Waals surface area contributed by atoms with Gasteiger partial charge in [0.1, 0.15) is 11.6 Å². The quantitative estimate of drug-likeness (QED) is 0.720. The number of aromatic nitrogens is 1. The van der Waals surface area contributed by atoms with Crippen LogP contribution in [-0.2, 0) is 0 Å². The zero-order valence-electron chi connectivity index (χ0n) is 6.75. The molecule has 1 N–H and O–H groups in total. The first kappa shape index (κ1) is 10.1. The van der Waals surface area contributed by atoms with Gasteiger partial charge in [0, 0.05) is 5.56 Å². The van der Waals surface area contributed by atoms with Crippen molar-refractivity contribution in [2.24, 2.45) is 0 Å². The molecule has 1 rings (SSSR count). The first-order valence-electron chi connectivity index (χ1n) is 3.50. The molecule has 1 heterocycles. The third-order valence-corrected chi connectivity index (χ3v) is 1.56. The maximum absolute atomic E-state index is 12.3. The van der Waals surface area contributed by atoms with Gasteiger partial charge < -0.3 is 4.98 Å². The number of nitrogens with zero attached hydrogens (tertiary/aromatic N) is 1. The Hall–Kier alpha value is -2.03. The van der Waals surface area contributed by atoms with Crippen molar-refractivity contribution in [3.05, 3.63) is 33.2 Å². The summed E-state index contributed by atoms with van der Waals surface area (Å²) < 4.78 is 24.6. The van der Waals surface area contributed by atoms with Crippen LogP contribution in [0.1, 0.15) is 28.0 Å². The zero-order valence-corrected chi connectivity index (χ0v) is 6.75. The Kier molecular flexibility index (Phi) is 2.72. The summed E-state index contributed by atoms with van der Waals surface area (Å²) >= 11 is 0. The Morgan fingerprint density at radius 1 is 1.57 bits per heavy atom. The maximum atomic E-state index is 12.3. The smallest absolute Gasteiger partial charge is 0.266 e. The standard InChI is InChI=1S/C8H4F2N2O2/c9-7(10)5-1-4(3-13)12-8(14)6(5)2-11/h1,3,7H,(H,12,14). The Morgan fingerprint density at radius 3 is 2.64 bits per heavy atom. The molecule has 0 amide bonds. The number of nitriles is 1. The van der Waals surface area contributed by atoms with Gasteiger partial charge in [-0.1, -0.05) is 0 Å². The van der Waals surface area contributed by atoms with E-state index in [-0.39, 0.29) is 12.0 Å². The first-order chi connectivity index (χ1) is 6.60. The molecule has 0 radical (unpaired) electrons. The normalized spacial score (nSPS) is 9.86. The van der Waals surface area contributed by atoms with E-state index >= 15 is 0 Å². The second-order valence-electron chi connectivity index (χ2n) is 2.41. The average Bonchev–Trinajstić information content (AvgIpc) is 2.16. The lowest BCUT2D eigenvalue weighted by Gasteiger charge is -2.01. The van der Waals surface area contributed by atoms with Gasteiger partial charge in [0.2, 0.25) is 0 Å². The van der Waals surface area contributed by atoms with Gasteiger partial charge in [-0.05, 0) is 6.07 Å². The van der Waals surface area contributed by atoms with Crippen molar-refractivity contribution in [2.75, 3.05) is 0 Å². The number of rotatable bonds is 2. The van der Waals surface area contributed by atoms with Crippen molar-refractivity contribution in [2.45, 2.75) is 6.43 Å². The van der Waals surface area contributed by atoms with Gasteiger partial charge >= 0.3 is 0 Å². The van der Waals surface area contributed by atoms with E-state index in [2.05, 4.69) is 0 Å². The summed E-state index contributed by atoms with van der Waals surface area (Å²) in [6.45, 7) is 0. The van der Waals surface area contributed by atoms with Crippen LogP contribution >= 0.6 is 0 Å². The van der Waals surface area contributed by atoms with Gasteiger partial charge in [-0.25, -0.2) is 8.78 Å². The number of carbonyl (C=O) groups excluding carboxylic acids is 1. The third-order valence-electron chi connectivity index (χ3n) is 1.56. The van der Waals surface area contributed by atoms with Crippen molar-refractivity contribution >= 4 is 6.29 Å². The highest BCUT2D eigenvalue weighted by atomic mass is 19.3. The number of H-pyrrole nitrogens is 1. The van der Waals surface area contributed by atoms with E-state index in [1.54, 1.807) is 0 Å². The topological polar surface area (TPSA) is 73.7 Å². The summed E-state index contributed by atoms with van der Waals surface area (Å²) in [5, 5.41) is 8.42. The number of halogens is 2. The molecule has 0 atom stereocenters. The Balaban J connectivity index is 3.53. The molecule has 0 aliphatic carbocycles. The molecule has 0 saturated heterocycles. The van der Waals surface area contributed by atoms with E-state index in [1.807, 2.05) is 4.98 Å². The highest BCUT2D eigenvalue weighted by Crippen LogP contribution is 2.20. The minimum Gasteiger partial charge on any atom is -0.319 e. The molecule has 0 spiro atoms.